The number of aromatic amines is 1. The summed E-state index contributed by atoms with van der Waals surface area (Å²) in [5, 5.41) is 6.91. The summed E-state index contributed by atoms with van der Waals surface area (Å²) in [6.45, 7) is 0.612. The lowest BCUT2D eigenvalue weighted by molar-refractivity contribution is -0.120. The van der Waals surface area contributed by atoms with Crippen molar-refractivity contribution >= 4 is 51.5 Å². The van der Waals surface area contributed by atoms with E-state index in [1.807, 2.05) is 41.9 Å². The standard InChI is InChI=1S/C22H20ClN3OS2/c23-17-5-3-4-15(10-17)13-28-22-26-18(14-29-22)11-21(27)24-9-8-16-12-25-20-7-2-1-6-19(16)20/h1-7,10,12,14,25H,8-9,11,13H2,(H,24,27). The Bertz CT molecular complexity index is 1120. The number of fused-ring (bicyclic) bond motifs is 1. The number of H-pyrrole nitrogens is 1. The van der Waals surface area contributed by atoms with Crippen LogP contribution in [-0.2, 0) is 23.4 Å². The average molecular weight is 442 g/mol. The van der Waals surface area contributed by atoms with Gasteiger partial charge in [-0.1, -0.05) is 53.7 Å². The van der Waals surface area contributed by atoms with Crippen molar-refractivity contribution in [3.8, 4) is 0 Å². The number of rotatable bonds is 8. The second-order valence-corrected chi connectivity index (χ2v) is 9.18. The highest BCUT2D eigenvalue weighted by Gasteiger charge is 2.09. The van der Waals surface area contributed by atoms with E-state index in [1.54, 1.807) is 23.1 Å². The number of thioether (sulfide) groups is 1. The van der Waals surface area contributed by atoms with Crippen LogP contribution < -0.4 is 5.32 Å². The molecule has 2 aromatic heterocycles. The zero-order chi connectivity index (χ0) is 20.1. The van der Waals surface area contributed by atoms with Gasteiger partial charge in [-0.15, -0.1) is 11.3 Å². The third-order valence-corrected chi connectivity index (χ3v) is 6.89. The maximum atomic E-state index is 12.3. The Morgan fingerprint density at radius 2 is 2.10 bits per heavy atom. The number of nitrogens with one attached hydrogen (secondary N) is 2. The SMILES string of the molecule is O=C(Cc1csc(SCc2cccc(Cl)c2)n1)NCCc1c[nH]c2ccccc12. The molecule has 0 unspecified atom stereocenters. The molecule has 4 rings (SSSR count). The van der Waals surface area contributed by atoms with Crippen LogP contribution in [0.3, 0.4) is 0 Å². The molecule has 4 nitrogen and oxygen atoms in total. The van der Waals surface area contributed by atoms with Gasteiger partial charge in [0.15, 0.2) is 0 Å². The molecule has 4 aromatic rings. The molecule has 0 aliphatic carbocycles. The molecular weight excluding hydrogens is 422 g/mol. The van der Waals surface area contributed by atoms with Gasteiger partial charge in [-0.25, -0.2) is 4.98 Å². The molecule has 2 aromatic carbocycles. The lowest BCUT2D eigenvalue weighted by Gasteiger charge is -2.03. The van der Waals surface area contributed by atoms with Gasteiger partial charge in [0.05, 0.1) is 12.1 Å². The van der Waals surface area contributed by atoms with Crippen molar-refractivity contribution in [2.75, 3.05) is 6.54 Å². The largest absolute Gasteiger partial charge is 0.361 e. The van der Waals surface area contributed by atoms with Crippen LogP contribution in [-0.4, -0.2) is 22.4 Å². The lowest BCUT2D eigenvalue weighted by Crippen LogP contribution is -2.27. The quantitative estimate of drug-likeness (QED) is 0.356. The van der Waals surface area contributed by atoms with Crippen molar-refractivity contribution in [1.29, 1.82) is 0 Å². The highest BCUT2D eigenvalue weighted by Crippen LogP contribution is 2.27. The van der Waals surface area contributed by atoms with Crippen LogP contribution in [0.15, 0.2) is 64.4 Å². The summed E-state index contributed by atoms with van der Waals surface area (Å²) in [6.07, 6.45) is 3.12. The first kappa shape index (κ1) is 20.0. The number of amides is 1. The van der Waals surface area contributed by atoms with Crippen molar-refractivity contribution in [1.82, 2.24) is 15.3 Å². The average Bonchev–Trinajstić information content (AvgIpc) is 3.34. The van der Waals surface area contributed by atoms with Crippen LogP contribution in [0.2, 0.25) is 5.02 Å². The summed E-state index contributed by atoms with van der Waals surface area (Å²) in [4.78, 5) is 20.1. The summed E-state index contributed by atoms with van der Waals surface area (Å²) in [5.41, 5.74) is 4.32. The van der Waals surface area contributed by atoms with Crippen molar-refractivity contribution in [3.63, 3.8) is 0 Å². The molecule has 0 radical (unpaired) electrons. The van der Waals surface area contributed by atoms with Crippen LogP contribution in [0.1, 0.15) is 16.8 Å². The molecule has 0 fully saturated rings. The van der Waals surface area contributed by atoms with Gasteiger partial charge in [0.1, 0.15) is 4.34 Å². The number of benzene rings is 2. The Labute approximate surface area is 182 Å². The molecule has 0 saturated heterocycles. The summed E-state index contributed by atoms with van der Waals surface area (Å²) in [6, 6.07) is 16.0. The number of halogens is 1. The van der Waals surface area contributed by atoms with Crippen LogP contribution >= 0.6 is 34.7 Å². The van der Waals surface area contributed by atoms with Crippen molar-refractivity contribution in [2.45, 2.75) is 22.9 Å². The van der Waals surface area contributed by atoms with Gasteiger partial charge in [-0.05, 0) is 35.7 Å². The number of carbonyl (C=O) groups is 1. The molecular formula is C22H20ClN3OS2. The number of hydrogen-bond acceptors (Lipinski definition) is 4. The van der Waals surface area contributed by atoms with E-state index in [0.717, 1.165) is 38.3 Å². The fraction of sp³-hybridized carbons (Fsp3) is 0.182. The molecule has 2 heterocycles. The van der Waals surface area contributed by atoms with Gasteiger partial charge < -0.3 is 10.3 Å². The maximum absolute atomic E-state index is 12.3. The van der Waals surface area contributed by atoms with Gasteiger partial charge in [-0.2, -0.15) is 0 Å². The number of carbonyl (C=O) groups excluding carboxylic acids is 1. The number of para-hydroxylation sites is 1. The number of thiazole rings is 1. The van der Waals surface area contributed by atoms with E-state index in [9.17, 15) is 4.79 Å². The molecule has 2 N–H and O–H groups in total. The molecule has 0 spiro atoms. The third-order valence-electron chi connectivity index (χ3n) is 4.52. The third kappa shape index (κ3) is 5.41. The van der Waals surface area contributed by atoms with Crippen LogP contribution in [0.5, 0.6) is 0 Å². The highest BCUT2D eigenvalue weighted by atomic mass is 35.5. The Balaban J connectivity index is 1.23. The van der Waals surface area contributed by atoms with E-state index in [4.69, 9.17) is 11.6 Å². The summed E-state index contributed by atoms with van der Waals surface area (Å²) in [7, 11) is 0. The zero-order valence-corrected chi connectivity index (χ0v) is 18.0. The van der Waals surface area contributed by atoms with E-state index in [2.05, 4.69) is 33.5 Å². The van der Waals surface area contributed by atoms with Crippen molar-refractivity contribution in [3.05, 3.63) is 82.0 Å². The van der Waals surface area contributed by atoms with Gasteiger partial charge in [0, 0.05) is 39.8 Å². The number of hydrogen-bond donors (Lipinski definition) is 2. The van der Waals surface area contributed by atoms with E-state index in [1.165, 1.54) is 10.9 Å². The Hall–Kier alpha value is -2.28. The molecule has 0 aliphatic rings. The van der Waals surface area contributed by atoms with E-state index in [-0.39, 0.29) is 5.91 Å². The van der Waals surface area contributed by atoms with Crippen LogP contribution in [0.4, 0.5) is 0 Å². The number of aromatic nitrogens is 2. The molecule has 1 amide bonds. The molecule has 148 valence electrons. The molecule has 0 saturated carbocycles. The zero-order valence-electron chi connectivity index (χ0n) is 15.7. The van der Waals surface area contributed by atoms with Gasteiger partial charge in [0.2, 0.25) is 5.91 Å². The monoisotopic (exact) mass is 441 g/mol. The van der Waals surface area contributed by atoms with Crippen LogP contribution in [0, 0.1) is 0 Å². The Morgan fingerprint density at radius 3 is 3.00 bits per heavy atom. The van der Waals surface area contributed by atoms with E-state index in [0.29, 0.717) is 13.0 Å². The Morgan fingerprint density at radius 1 is 1.21 bits per heavy atom. The normalized spacial score (nSPS) is 11.1. The summed E-state index contributed by atoms with van der Waals surface area (Å²) >= 11 is 9.26. The predicted molar refractivity (Wildman–Crippen MR) is 122 cm³/mol. The smallest absolute Gasteiger partial charge is 0.226 e. The highest BCUT2D eigenvalue weighted by molar-refractivity contribution is 8.00. The molecule has 0 aliphatic heterocycles. The number of nitrogens with zero attached hydrogens (tertiary/aromatic N) is 1. The van der Waals surface area contributed by atoms with E-state index >= 15 is 0 Å². The first-order valence-electron chi connectivity index (χ1n) is 9.31. The lowest BCUT2D eigenvalue weighted by atomic mass is 10.1. The molecule has 29 heavy (non-hydrogen) atoms. The van der Waals surface area contributed by atoms with Gasteiger partial charge in [-0.3, -0.25) is 4.79 Å². The minimum atomic E-state index is 0.00142. The van der Waals surface area contributed by atoms with Crippen molar-refractivity contribution < 1.29 is 4.79 Å². The van der Waals surface area contributed by atoms with Crippen molar-refractivity contribution in [2.24, 2.45) is 0 Å². The predicted octanol–water partition coefficient (Wildman–Crippen LogP) is 5.47. The van der Waals surface area contributed by atoms with Gasteiger partial charge >= 0.3 is 0 Å². The molecule has 0 bridgehead atoms. The first-order chi connectivity index (χ1) is 14.2. The second kappa shape index (κ2) is 9.48. The molecule has 7 heteroatoms. The minimum Gasteiger partial charge on any atom is -0.361 e. The molecule has 0 atom stereocenters. The van der Waals surface area contributed by atoms with Gasteiger partial charge in [0.25, 0.3) is 0 Å². The second-order valence-electron chi connectivity index (χ2n) is 6.66. The topological polar surface area (TPSA) is 57.8 Å². The maximum Gasteiger partial charge on any atom is 0.226 e. The minimum absolute atomic E-state index is 0.00142. The summed E-state index contributed by atoms with van der Waals surface area (Å²) in [5.74, 6) is 0.811. The Kier molecular flexibility index (Phi) is 6.54. The van der Waals surface area contributed by atoms with E-state index < -0.39 is 0 Å². The fourth-order valence-corrected chi connectivity index (χ4v) is 5.11. The van der Waals surface area contributed by atoms with Crippen LogP contribution in [0.25, 0.3) is 10.9 Å². The summed E-state index contributed by atoms with van der Waals surface area (Å²) < 4.78 is 0.964. The fourth-order valence-electron chi connectivity index (χ4n) is 3.11. The first-order valence-corrected chi connectivity index (χ1v) is 11.5.